The molecule has 3 nitrogen and oxygen atoms in total. The van der Waals surface area contributed by atoms with Gasteiger partial charge in [-0.05, 0) is 62.6 Å². The van der Waals surface area contributed by atoms with Crippen LogP contribution in [-0.2, 0) is 10.2 Å². The van der Waals surface area contributed by atoms with Crippen molar-refractivity contribution in [1.29, 1.82) is 0 Å². The third kappa shape index (κ3) is 6.41. The van der Waals surface area contributed by atoms with E-state index in [-0.39, 0.29) is 11.2 Å². The molecular weight excluding hydrogens is 341 g/mol. The van der Waals surface area contributed by atoms with E-state index in [1.165, 1.54) is 5.57 Å². The third-order valence-corrected chi connectivity index (χ3v) is 5.84. The minimum atomic E-state index is -0.603. The van der Waals surface area contributed by atoms with Gasteiger partial charge in [-0.2, -0.15) is 0 Å². The Morgan fingerprint density at radius 1 is 1.26 bits per heavy atom. The summed E-state index contributed by atoms with van der Waals surface area (Å²) in [5, 5.41) is 10.8. The van der Waals surface area contributed by atoms with Crippen LogP contribution in [0.25, 0.3) is 0 Å². The molecule has 0 aliphatic carbocycles. The van der Waals surface area contributed by atoms with Crippen LogP contribution in [0.4, 0.5) is 4.39 Å². The smallest absolute Gasteiger partial charge is 0.123 e. The topological polar surface area (TPSA) is 32.7 Å². The molecule has 0 aromatic heterocycles. The highest BCUT2D eigenvalue weighted by Gasteiger charge is 2.35. The number of methoxy groups -OCH3 is 1. The van der Waals surface area contributed by atoms with Crippen LogP contribution >= 0.6 is 0 Å². The molecule has 0 bridgehead atoms. The van der Waals surface area contributed by atoms with Crippen LogP contribution in [0.5, 0.6) is 0 Å². The van der Waals surface area contributed by atoms with Crippen LogP contribution in [0, 0.1) is 5.82 Å². The molecule has 0 saturated carbocycles. The third-order valence-electron chi connectivity index (χ3n) is 5.84. The van der Waals surface area contributed by atoms with Gasteiger partial charge < -0.3 is 9.84 Å². The van der Waals surface area contributed by atoms with Crippen molar-refractivity contribution >= 4 is 0 Å². The van der Waals surface area contributed by atoms with Crippen molar-refractivity contribution in [3.05, 3.63) is 47.3 Å². The number of rotatable bonds is 8. The Balaban J connectivity index is 2.10. The Morgan fingerprint density at radius 2 is 1.85 bits per heavy atom. The van der Waals surface area contributed by atoms with Gasteiger partial charge in [0.25, 0.3) is 0 Å². The molecular formula is C23H36FNO2. The lowest BCUT2D eigenvalue weighted by Crippen LogP contribution is -2.49. The maximum Gasteiger partial charge on any atom is 0.123 e. The molecule has 1 aromatic carbocycles. The van der Waals surface area contributed by atoms with Crippen molar-refractivity contribution in [3.8, 4) is 0 Å². The first-order valence-electron chi connectivity index (χ1n) is 10.0. The van der Waals surface area contributed by atoms with Crippen LogP contribution in [0.15, 0.2) is 35.9 Å². The van der Waals surface area contributed by atoms with Gasteiger partial charge in [0.15, 0.2) is 0 Å². The second kappa shape index (κ2) is 9.31. The van der Waals surface area contributed by atoms with Gasteiger partial charge in [-0.15, -0.1) is 0 Å². The molecule has 1 aromatic rings. The van der Waals surface area contributed by atoms with E-state index in [1.54, 1.807) is 19.2 Å². The number of ether oxygens (including phenoxy) is 1. The molecule has 0 radical (unpaired) electrons. The summed E-state index contributed by atoms with van der Waals surface area (Å²) >= 11 is 0. The maximum absolute atomic E-state index is 13.3. The van der Waals surface area contributed by atoms with E-state index >= 15 is 0 Å². The number of nitrogens with zero attached hydrogens (tertiary/aromatic N) is 1. The normalized spacial score (nSPS) is 18.9. The van der Waals surface area contributed by atoms with E-state index in [4.69, 9.17) is 4.74 Å². The zero-order valence-electron chi connectivity index (χ0n) is 17.6. The van der Waals surface area contributed by atoms with Crippen molar-refractivity contribution in [3.63, 3.8) is 0 Å². The molecule has 2 rings (SSSR count). The summed E-state index contributed by atoms with van der Waals surface area (Å²) in [4.78, 5) is 2.49. The summed E-state index contributed by atoms with van der Waals surface area (Å²) in [6.45, 7) is 11.1. The monoisotopic (exact) mass is 377 g/mol. The molecule has 27 heavy (non-hydrogen) atoms. The largest absolute Gasteiger partial charge is 0.390 e. The van der Waals surface area contributed by atoms with Gasteiger partial charge in [0.2, 0.25) is 0 Å². The summed E-state index contributed by atoms with van der Waals surface area (Å²) < 4.78 is 18.5. The van der Waals surface area contributed by atoms with Crippen molar-refractivity contribution in [2.75, 3.05) is 26.8 Å². The van der Waals surface area contributed by atoms with Crippen LogP contribution in [-0.4, -0.2) is 48.5 Å². The van der Waals surface area contributed by atoms with E-state index in [0.717, 1.165) is 37.9 Å². The van der Waals surface area contributed by atoms with E-state index in [2.05, 4.69) is 38.7 Å². The van der Waals surface area contributed by atoms with Crippen molar-refractivity contribution in [1.82, 2.24) is 4.90 Å². The van der Waals surface area contributed by atoms with Crippen LogP contribution in [0.2, 0.25) is 0 Å². The molecule has 1 aliphatic rings. The predicted molar refractivity (Wildman–Crippen MR) is 110 cm³/mol. The second-order valence-electron chi connectivity index (χ2n) is 8.91. The summed E-state index contributed by atoms with van der Waals surface area (Å²) in [6.07, 6.45) is 5.55. The maximum atomic E-state index is 13.3. The first-order chi connectivity index (χ1) is 12.6. The van der Waals surface area contributed by atoms with Gasteiger partial charge in [0, 0.05) is 32.8 Å². The van der Waals surface area contributed by atoms with Crippen molar-refractivity contribution < 1.29 is 14.2 Å². The first-order valence-corrected chi connectivity index (χ1v) is 10.0. The van der Waals surface area contributed by atoms with Gasteiger partial charge in [0.1, 0.15) is 5.82 Å². The van der Waals surface area contributed by atoms with Crippen molar-refractivity contribution in [2.24, 2.45) is 0 Å². The SMILES string of the molecule is COCCC1(O)CCN(C(C=C(C)C)CC(C)(C)c2ccc(F)cc2)CC1. The molecule has 1 N–H and O–H groups in total. The average Bonchev–Trinajstić information content (AvgIpc) is 2.60. The van der Waals surface area contributed by atoms with Crippen LogP contribution in [0.1, 0.15) is 58.9 Å². The minimum Gasteiger partial charge on any atom is -0.390 e. The van der Waals surface area contributed by atoms with E-state index in [0.29, 0.717) is 19.1 Å². The number of aliphatic hydroxyl groups is 1. The number of piperidine rings is 1. The molecule has 1 fully saturated rings. The first kappa shape index (κ1) is 22.1. The Labute approximate surface area is 164 Å². The van der Waals surface area contributed by atoms with Crippen molar-refractivity contribution in [2.45, 2.75) is 70.4 Å². The molecule has 1 saturated heterocycles. The molecule has 152 valence electrons. The van der Waals surface area contributed by atoms with Gasteiger partial charge >= 0.3 is 0 Å². The van der Waals surface area contributed by atoms with Crippen LogP contribution < -0.4 is 0 Å². The van der Waals surface area contributed by atoms with Gasteiger partial charge in [-0.1, -0.05) is 37.6 Å². The highest BCUT2D eigenvalue weighted by Crippen LogP contribution is 2.34. The minimum absolute atomic E-state index is 0.0614. The fraction of sp³-hybridized carbons (Fsp3) is 0.652. The summed E-state index contributed by atoms with van der Waals surface area (Å²) in [6, 6.07) is 7.19. The average molecular weight is 378 g/mol. The fourth-order valence-corrected chi connectivity index (χ4v) is 4.03. The van der Waals surface area contributed by atoms with Gasteiger partial charge in [0.05, 0.1) is 5.60 Å². The van der Waals surface area contributed by atoms with E-state index in [9.17, 15) is 9.50 Å². The zero-order valence-corrected chi connectivity index (χ0v) is 17.6. The molecule has 1 heterocycles. The Hall–Kier alpha value is -1.23. The highest BCUT2D eigenvalue weighted by molar-refractivity contribution is 5.25. The number of hydrogen-bond acceptors (Lipinski definition) is 3. The lowest BCUT2D eigenvalue weighted by molar-refractivity contribution is -0.0472. The number of halogens is 1. The number of benzene rings is 1. The van der Waals surface area contributed by atoms with Crippen LogP contribution in [0.3, 0.4) is 0 Å². The van der Waals surface area contributed by atoms with Gasteiger partial charge in [-0.25, -0.2) is 4.39 Å². The Kier molecular flexibility index (Phi) is 7.61. The Morgan fingerprint density at radius 3 is 2.37 bits per heavy atom. The molecule has 1 atom stereocenters. The van der Waals surface area contributed by atoms with E-state index < -0.39 is 5.60 Å². The molecule has 1 aliphatic heterocycles. The summed E-state index contributed by atoms with van der Waals surface area (Å²) in [7, 11) is 1.68. The second-order valence-corrected chi connectivity index (χ2v) is 8.91. The number of likely N-dealkylation sites (tertiary alicyclic amines) is 1. The fourth-order valence-electron chi connectivity index (χ4n) is 4.03. The molecule has 1 unspecified atom stereocenters. The Bertz CT molecular complexity index is 612. The zero-order chi connectivity index (χ0) is 20.1. The number of allylic oxidation sites excluding steroid dienone is 1. The quantitative estimate of drug-likeness (QED) is 0.667. The molecule has 4 heteroatoms. The number of hydrogen-bond donors (Lipinski definition) is 1. The van der Waals surface area contributed by atoms with E-state index in [1.807, 2.05) is 12.1 Å². The highest BCUT2D eigenvalue weighted by atomic mass is 19.1. The van der Waals surface area contributed by atoms with Gasteiger partial charge in [-0.3, -0.25) is 4.90 Å². The standard InChI is InChI=1S/C23H36FNO2/c1-18(2)16-21(17-22(3,4)19-6-8-20(24)9-7-19)25-13-10-23(26,11-14-25)12-15-27-5/h6-9,16,21,26H,10-15,17H2,1-5H3. The predicted octanol–water partition coefficient (Wildman–Crippen LogP) is 4.69. The molecule has 0 spiro atoms. The molecule has 0 amide bonds. The lowest BCUT2D eigenvalue weighted by atomic mass is 9.77. The summed E-state index contributed by atoms with van der Waals surface area (Å²) in [5.41, 5.74) is 1.79. The lowest BCUT2D eigenvalue weighted by Gasteiger charge is -2.43. The summed E-state index contributed by atoms with van der Waals surface area (Å²) in [5.74, 6) is -0.193.